The summed E-state index contributed by atoms with van der Waals surface area (Å²) in [7, 11) is -4.64. The summed E-state index contributed by atoms with van der Waals surface area (Å²) in [6.45, 7) is 11.1. The fourth-order valence-electron chi connectivity index (χ4n) is 1.65. The van der Waals surface area contributed by atoms with Gasteiger partial charge in [0.2, 0.25) is 0 Å². The third-order valence-corrected chi connectivity index (χ3v) is 10.8. The number of hydrogen-bond donors (Lipinski definition) is 0. The molecule has 1 fully saturated rings. The molecule has 1 aliphatic rings. The van der Waals surface area contributed by atoms with E-state index in [0.717, 1.165) is 19.1 Å². The maximum Gasteiger partial charge on any atom is 0.479 e. The molecule has 0 aromatic carbocycles. The topological polar surface area (TPSA) is 27.7 Å². The minimum absolute atomic E-state index is 0.811. The van der Waals surface area contributed by atoms with E-state index in [4.69, 9.17) is 12.7 Å². The van der Waals surface area contributed by atoms with Crippen molar-refractivity contribution in [3.8, 4) is 0 Å². The third kappa shape index (κ3) is 4.33. The maximum absolute atomic E-state index is 6.09. The highest BCUT2D eigenvalue weighted by molar-refractivity contribution is 6.77. The van der Waals surface area contributed by atoms with Gasteiger partial charge in [-0.1, -0.05) is 5.70 Å². The molecule has 1 aliphatic heterocycles. The van der Waals surface area contributed by atoms with Gasteiger partial charge in [-0.3, -0.25) is 0 Å². The van der Waals surface area contributed by atoms with Crippen LogP contribution >= 0.6 is 0 Å². The van der Waals surface area contributed by atoms with Crippen molar-refractivity contribution in [1.82, 2.24) is 0 Å². The highest BCUT2D eigenvalue weighted by atomic mass is 28.5. The Morgan fingerprint density at radius 3 is 2.47 bits per heavy atom. The lowest BCUT2D eigenvalue weighted by atomic mass is 10.4. The van der Waals surface area contributed by atoms with Gasteiger partial charge in [-0.15, -0.1) is 6.58 Å². The van der Waals surface area contributed by atoms with Crippen molar-refractivity contribution in [3.63, 3.8) is 0 Å². The third-order valence-electron chi connectivity index (χ3n) is 2.31. The standard InChI is InChI=1S/C9H22O3Si3/c1-5-14(4)12-15(11-13(2)3)9-7-6-8-10-15/h5,13-14H,1,6-9H2,2-4H3. The molecule has 1 saturated heterocycles. The van der Waals surface area contributed by atoms with Crippen LogP contribution in [0.2, 0.25) is 25.7 Å². The molecular weight excluding hydrogens is 240 g/mol. The van der Waals surface area contributed by atoms with Gasteiger partial charge < -0.3 is 12.7 Å². The van der Waals surface area contributed by atoms with Crippen LogP contribution in [0.1, 0.15) is 12.8 Å². The molecule has 6 heteroatoms. The van der Waals surface area contributed by atoms with Crippen LogP contribution in [-0.2, 0) is 12.7 Å². The Hall–Kier alpha value is 0.271. The van der Waals surface area contributed by atoms with Gasteiger partial charge in [0, 0.05) is 12.7 Å². The second kappa shape index (κ2) is 6.12. The maximum atomic E-state index is 6.09. The zero-order valence-electron chi connectivity index (χ0n) is 9.99. The molecule has 0 aliphatic carbocycles. The lowest BCUT2D eigenvalue weighted by Gasteiger charge is -2.36. The number of hydrogen-bond acceptors (Lipinski definition) is 3. The molecule has 1 rings (SSSR count). The first-order valence-electron chi connectivity index (χ1n) is 5.70. The first kappa shape index (κ1) is 13.3. The Morgan fingerprint density at radius 2 is 2.00 bits per heavy atom. The monoisotopic (exact) mass is 262 g/mol. The molecule has 2 unspecified atom stereocenters. The van der Waals surface area contributed by atoms with Crippen LogP contribution in [0.5, 0.6) is 0 Å². The Balaban J connectivity index is 2.61. The van der Waals surface area contributed by atoms with Crippen molar-refractivity contribution in [3.05, 3.63) is 12.3 Å². The van der Waals surface area contributed by atoms with Crippen molar-refractivity contribution in [2.75, 3.05) is 6.61 Å². The molecule has 3 nitrogen and oxygen atoms in total. The van der Waals surface area contributed by atoms with E-state index in [1.807, 2.05) is 5.70 Å². The van der Waals surface area contributed by atoms with E-state index in [-0.39, 0.29) is 0 Å². The first-order valence-corrected chi connectivity index (χ1v) is 12.7. The molecule has 1 heterocycles. The van der Waals surface area contributed by atoms with E-state index in [9.17, 15) is 0 Å². The van der Waals surface area contributed by atoms with E-state index in [1.54, 1.807) is 0 Å². The Kier molecular flexibility index (Phi) is 5.44. The first-order chi connectivity index (χ1) is 7.08. The number of rotatable bonds is 5. The van der Waals surface area contributed by atoms with E-state index >= 15 is 0 Å². The molecule has 88 valence electrons. The summed E-state index contributed by atoms with van der Waals surface area (Å²) in [6.07, 6.45) is 2.33. The van der Waals surface area contributed by atoms with Gasteiger partial charge in [0.05, 0.1) is 0 Å². The Bertz CT molecular complexity index is 205. The zero-order chi connectivity index (χ0) is 11.3. The fraction of sp³-hybridized carbons (Fsp3) is 0.778. The van der Waals surface area contributed by atoms with Gasteiger partial charge in [0.15, 0.2) is 18.1 Å². The summed E-state index contributed by atoms with van der Waals surface area (Å²) in [6, 6.07) is 1.00. The van der Waals surface area contributed by atoms with Crippen LogP contribution in [0.3, 0.4) is 0 Å². The Labute approximate surface area is 97.3 Å². The predicted octanol–water partition coefficient (Wildman–Crippen LogP) is 1.83. The summed E-state index contributed by atoms with van der Waals surface area (Å²) in [5, 5.41) is 0. The summed E-state index contributed by atoms with van der Waals surface area (Å²) in [5.41, 5.74) is 1.94. The highest BCUT2D eigenvalue weighted by Crippen LogP contribution is 2.25. The zero-order valence-corrected chi connectivity index (χ0v) is 13.3. The van der Waals surface area contributed by atoms with Gasteiger partial charge in [-0.05, 0) is 32.5 Å². The van der Waals surface area contributed by atoms with Crippen molar-refractivity contribution < 1.29 is 12.7 Å². The summed E-state index contributed by atoms with van der Waals surface area (Å²) >= 11 is 0. The normalized spacial score (nSPS) is 29.1. The molecule has 0 spiro atoms. The predicted molar refractivity (Wildman–Crippen MR) is 70.0 cm³/mol. The lowest BCUT2D eigenvalue weighted by Crippen LogP contribution is -2.52. The quantitative estimate of drug-likeness (QED) is 0.708. The minimum atomic E-state index is -2.28. The second-order valence-corrected chi connectivity index (χ2v) is 12.2. The molecule has 0 saturated carbocycles. The van der Waals surface area contributed by atoms with Gasteiger partial charge >= 0.3 is 8.80 Å². The molecule has 0 amide bonds. The molecule has 0 bridgehead atoms. The van der Waals surface area contributed by atoms with E-state index < -0.39 is 26.9 Å². The van der Waals surface area contributed by atoms with Crippen LogP contribution in [0.4, 0.5) is 0 Å². The molecule has 0 aromatic heterocycles. The van der Waals surface area contributed by atoms with Crippen LogP contribution < -0.4 is 0 Å². The van der Waals surface area contributed by atoms with Gasteiger partial charge in [0.1, 0.15) is 0 Å². The average Bonchev–Trinajstić information content (AvgIpc) is 2.17. The van der Waals surface area contributed by atoms with E-state index in [2.05, 4.69) is 26.2 Å². The second-order valence-electron chi connectivity index (χ2n) is 4.21. The van der Waals surface area contributed by atoms with Gasteiger partial charge in [-0.25, -0.2) is 0 Å². The van der Waals surface area contributed by atoms with Crippen LogP contribution in [-0.4, -0.2) is 33.5 Å². The molecule has 0 N–H and O–H groups in total. The molecule has 15 heavy (non-hydrogen) atoms. The average molecular weight is 263 g/mol. The minimum Gasteiger partial charge on any atom is -0.419 e. The molecule has 0 aromatic rings. The van der Waals surface area contributed by atoms with Crippen molar-refractivity contribution in [1.29, 1.82) is 0 Å². The molecular formula is C9H22O3Si3. The van der Waals surface area contributed by atoms with Crippen LogP contribution in [0, 0.1) is 0 Å². The largest absolute Gasteiger partial charge is 0.479 e. The highest BCUT2D eigenvalue weighted by Gasteiger charge is 2.43. The van der Waals surface area contributed by atoms with Gasteiger partial charge in [0.25, 0.3) is 0 Å². The lowest BCUT2D eigenvalue weighted by molar-refractivity contribution is 0.144. The van der Waals surface area contributed by atoms with Crippen molar-refractivity contribution >= 4 is 26.9 Å². The van der Waals surface area contributed by atoms with Crippen LogP contribution in [0.15, 0.2) is 12.3 Å². The summed E-state index contributed by atoms with van der Waals surface area (Å²) in [5.74, 6) is 0. The molecule has 0 radical (unpaired) electrons. The van der Waals surface area contributed by atoms with E-state index in [1.165, 1.54) is 6.42 Å². The van der Waals surface area contributed by atoms with Gasteiger partial charge in [-0.2, -0.15) is 0 Å². The Morgan fingerprint density at radius 1 is 1.27 bits per heavy atom. The summed E-state index contributed by atoms with van der Waals surface area (Å²) < 4.78 is 18.0. The SMILES string of the molecule is C=C[SiH](C)O[Si]1(O[SiH](C)C)CCCCO1. The van der Waals surface area contributed by atoms with E-state index in [0.29, 0.717) is 0 Å². The summed E-state index contributed by atoms with van der Waals surface area (Å²) in [4.78, 5) is 0. The fourth-order valence-corrected chi connectivity index (χ4v) is 10.7. The van der Waals surface area contributed by atoms with Crippen molar-refractivity contribution in [2.24, 2.45) is 0 Å². The van der Waals surface area contributed by atoms with Crippen molar-refractivity contribution in [2.45, 2.75) is 38.5 Å². The van der Waals surface area contributed by atoms with Crippen LogP contribution in [0.25, 0.3) is 0 Å². The molecule has 2 atom stereocenters. The smallest absolute Gasteiger partial charge is 0.419 e.